The van der Waals surface area contributed by atoms with Crippen molar-refractivity contribution in [1.29, 1.82) is 0 Å². The second kappa shape index (κ2) is 12.9. The van der Waals surface area contributed by atoms with Gasteiger partial charge in [-0.15, -0.1) is 5.11 Å². The molecule has 2 aliphatic rings. The first-order valence-electron chi connectivity index (χ1n) is 13.2. The summed E-state index contributed by atoms with van der Waals surface area (Å²) in [6.07, 6.45) is 2.89. The molecule has 2 saturated heterocycles. The van der Waals surface area contributed by atoms with Gasteiger partial charge >= 0.3 is 0 Å². The molecular formula is C27H34FN9O2. The van der Waals surface area contributed by atoms with Crippen LogP contribution in [-0.4, -0.2) is 90.6 Å². The van der Waals surface area contributed by atoms with E-state index in [1.165, 1.54) is 11.3 Å². The predicted molar refractivity (Wildman–Crippen MR) is 148 cm³/mol. The van der Waals surface area contributed by atoms with Crippen LogP contribution in [0.25, 0.3) is 0 Å². The molecule has 2 aliphatic heterocycles. The molecule has 0 saturated carbocycles. The zero-order chi connectivity index (χ0) is 27.0. The van der Waals surface area contributed by atoms with Gasteiger partial charge in [0.25, 0.3) is 5.95 Å². The second-order valence-electron chi connectivity index (χ2n) is 9.61. The van der Waals surface area contributed by atoms with Crippen LogP contribution in [-0.2, 0) is 11.3 Å². The number of benzene rings is 1. The maximum Gasteiger partial charge on any atom is 0.270 e. The van der Waals surface area contributed by atoms with Crippen LogP contribution in [0.4, 0.5) is 33.2 Å². The van der Waals surface area contributed by atoms with Gasteiger partial charge in [0.2, 0.25) is 0 Å². The molecule has 3 aromatic rings. The first-order chi connectivity index (χ1) is 19.1. The number of β-amino-alcohol motifs (C(OH)–C–C–N with tert-alkyl or cyclic N) is 1. The van der Waals surface area contributed by atoms with E-state index in [1.54, 1.807) is 6.20 Å². The lowest BCUT2D eigenvalue weighted by atomic mass is 10.1. The summed E-state index contributed by atoms with van der Waals surface area (Å²) < 4.78 is 19.5. The molecule has 0 radical (unpaired) electrons. The summed E-state index contributed by atoms with van der Waals surface area (Å²) in [5.41, 5.74) is 4.98. The highest BCUT2D eigenvalue weighted by Gasteiger charge is 2.19. The van der Waals surface area contributed by atoms with Crippen molar-refractivity contribution in [3.8, 4) is 0 Å². The van der Waals surface area contributed by atoms with E-state index in [-0.39, 0.29) is 24.9 Å². The summed E-state index contributed by atoms with van der Waals surface area (Å²) in [6.45, 7) is 9.25. The van der Waals surface area contributed by atoms with Crippen LogP contribution in [0, 0.1) is 12.7 Å². The van der Waals surface area contributed by atoms with Gasteiger partial charge in [0.05, 0.1) is 43.6 Å². The van der Waals surface area contributed by atoms with Crippen molar-refractivity contribution in [2.75, 3.05) is 80.8 Å². The van der Waals surface area contributed by atoms with Gasteiger partial charge in [-0.05, 0) is 42.8 Å². The van der Waals surface area contributed by atoms with Gasteiger partial charge < -0.3 is 25.0 Å². The number of hydrogen-bond acceptors (Lipinski definition) is 11. The van der Waals surface area contributed by atoms with Crippen molar-refractivity contribution < 1.29 is 14.2 Å². The Kier molecular flexibility index (Phi) is 8.86. The van der Waals surface area contributed by atoms with Gasteiger partial charge in [-0.2, -0.15) is 10.1 Å². The Balaban J connectivity index is 1.17. The molecule has 0 unspecified atom stereocenters. The summed E-state index contributed by atoms with van der Waals surface area (Å²) in [4.78, 5) is 19.1. The molecule has 11 nitrogen and oxygen atoms in total. The zero-order valence-corrected chi connectivity index (χ0v) is 22.1. The Morgan fingerprint density at radius 2 is 1.79 bits per heavy atom. The van der Waals surface area contributed by atoms with Crippen molar-refractivity contribution in [3.63, 3.8) is 0 Å². The Bertz CT molecular complexity index is 1260. The van der Waals surface area contributed by atoms with E-state index in [9.17, 15) is 9.50 Å². The second-order valence-corrected chi connectivity index (χ2v) is 9.61. The van der Waals surface area contributed by atoms with Crippen LogP contribution < -0.4 is 15.1 Å². The molecule has 0 spiro atoms. The van der Waals surface area contributed by atoms with E-state index in [0.29, 0.717) is 26.3 Å². The number of aryl methyl sites for hydroxylation is 1. The van der Waals surface area contributed by atoms with Gasteiger partial charge in [-0.25, -0.2) is 9.37 Å². The number of pyridine rings is 1. The number of hydrogen-bond donors (Lipinski definition) is 2. The fraction of sp³-hybridized carbons (Fsp3) is 0.444. The van der Waals surface area contributed by atoms with Gasteiger partial charge in [0.15, 0.2) is 11.6 Å². The van der Waals surface area contributed by atoms with E-state index in [1.807, 2.05) is 17.0 Å². The summed E-state index contributed by atoms with van der Waals surface area (Å²) in [5, 5.41) is 20.9. The van der Waals surface area contributed by atoms with Gasteiger partial charge in [0, 0.05) is 57.2 Å². The number of piperazine rings is 1. The van der Waals surface area contributed by atoms with Crippen LogP contribution in [0.2, 0.25) is 0 Å². The molecule has 2 fully saturated rings. The smallest absolute Gasteiger partial charge is 0.270 e. The van der Waals surface area contributed by atoms with Crippen molar-refractivity contribution in [2.24, 2.45) is 10.2 Å². The monoisotopic (exact) mass is 535 g/mol. The summed E-state index contributed by atoms with van der Waals surface area (Å²) in [7, 11) is 0. The van der Waals surface area contributed by atoms with E-state index in [0.717, 1.165) is 56.0 Å². The van der Waals surface area contributed by atoms with E-state index >= 15 is 0 Å². The summed E-state index contributed by atoms with van der Waals surface area (Å²) in [5.74, 6) is -0.151. The van der Waals surface area contributed by atoms with Crippen LogP contribution in [0.3, 0.4) is 0 Å². The van der Waals surface area contributed by atoms with Crippen molar-refractivity contribution in [2.45, 2.75) is 13.5 Å². The number of nitrogens with zero attached hydrogens (tertiary/aromatic N) is 8. The third kappa shape index (κ3) is 7.22. The van der Waals surface area contributed by atoms with Crippen LogP contribution in [0.1, 0.15) is 11.3 Å². The lowest BCUT2D eigenvalue weighted by Crippen LogP contribution is -2.47. The van der Waals surface area contributed by atoms with Crippen LogP contribution in [0.5, 0.6) is 0 Å². The normalized spacial score (nSPS) is 16.7. The molecule has 0 atom stereocenters. The molecule has 2 N–H and O–H groups in total. The molecule has 206 valence electrons. The van der Waals surface area contributed by atoms with E-state index < -0.39 is 5.82 Å². The lowest BCUT2D eigenvalue weighted by molar-refractivity contribution is 0.122. The Morgan fingerprint density at radius 1 is 0.974 bits per heavy atom. The number of halogens is 1. The van der Waals surface area contributed by atoms with E-state index in [2.05, 4.69) is 65.4 Å². The molecule has 12 heteroatoms. The fourth-order valence-electron chi connectivity index (χ4n) is 4.71. The zero-order valence-electron chi connectivity index (χ0n) is 22.1. The maximum atomic E-state index is 14.2. The Hall–Kier alpha value is -3.74. The number of rotatable bonds is 9. The molecule has 0 bridgehead atoms. The summed E-state index contributed by atoms with van der Waals surface area (Å²) in [6, 6.07) is 10.3. The molecule has 5 rings (SSSR count). The number of morpholine rings is 1. The maximum absolute atomic E-state index is 14.2. The molecule has 4 heterocycles. The third-order valence-corrected chi connectivity index (χ3v) is 6.75. The van der Waals surface area contributed by atoms with Gasteiger partial charge in [0.1, 0.15) is 6.54 Å². The largest absolute Gasteiger partial charge is 0.395 e. The molecular weight excluding hydrogens is 501 g/mol. The number of aliphatic hydroxyl groups is 1. The molecule has 0 amide bonds. The quantitative estimate of drug-likeness (QED) is 0.398. The topological polar surface area (TPSA) is 115 Å². The van der Waals surface area contributed by atoms with Crippen LogP contribution >= 0.6 is 0 Å². The molecule has 39 heavy (non-hydrogen) atoms. The average molecular weight is 536 g/mol. The Morgan fingerprint density at radius 3 is 2.54 bits per heavy atom. The standard InChI is InChI=1S/C27H34FN9O2/c1-20-14-23(16-24(15-20)36-6-4-35(5-7-36)8-11-38)32-22-3-2-21(29-17-22)18-31-34-27-30-19-25(28)26(33-27)37-9-12-39-13-10-37/h2-3,14-17,19,32,38H,4-13,18H2,1H3. The third-order valence-electron chi connectivity index (χ3n) is 6.75. The SMILES string of the molecule is Cc1cc(Nc2ccc(CN=Nc3ncc(F)c(N4CCOCC4)n3)nc2)cc(N2CCN(CCO)CC2)c1. The minimum Gasteiger partial charge on any atom is -0.395 e. The Labute approximate surface area is 227 Å². The first kappa shape index (κ1) is 26.9. The number of azo groups is 1. The average Bonchev–Trinajstić information content (AvgIpc) is 2.96. The lowest BCUT2D eigenvalue weighted by Gasteiger charge is -2.36. The number of aliphatic hydroxyl groups excluding tert-OH is 1. The number of ether oxygens (including phenoxy) is 1. The highest BCUT2D eigenvalue weighted by molar-refractivity contribution is 5.66. The molecule has 1 aromatic carbocycles. The first-order valence-corrected chi connectivity index (χ1v) is 13.2. The van der Waals surface area contributed by atoms with Crippen LogP contribution in [0.15, 0.2) is 53.0 Å². The minimum atomic E-state index is -0.484. The van der Waals surface area contributed by atoms with Gasteiger partial charge in [-0.3, -0.25) is 9.88 Å². The highest BCUT2D eigenvalue weighted by atomic mass is 19.1. The highest BCUT2D eigenvalue weighted by Crippen LogP contribution is 2.26. The minimum absolute atomic E-state index is 0.112. The number of anilines is 4. The number of nitrogens with one attached hydrogen (secondary N) is 1. The fourth-order valence-corrected chi connectivity index (χ4v) is 4.71. The number of aromatic nitrogens is 3. The predicted octanol–water partition coefficient (Wildman–Crippen LogP) is 3.30. The molecule has 2 aromatic heterocycles. The summed E-state index contributed by atoms with van der Waals surface area (Å²) >= 11 is 0. The van der Waals surface area contributed by atoms with Crippen molar-refractivity contribution in [3.05, 3.63) is 59.8 Å². The van der Waals surface area contributed by atoms with Crippen molar-refractivity contribution >= 4 is 28.8 Å². The molecule has 0 aliphatic carbocycles. The van der Waals surface area contributed by atoms with Gasteiger partial charge in [-0.1, -0.05) is 0 Å². The van der Waals surface area contributed by atoms with Crippen molar-refractivity contribution in [1.82, 2.24) is 19.9 Å². The van der Waals surface area contributed by atoms with E-state index in [4.69, 9.17) is 4.74 Å².